The third-order valence-electron chi connectivity index (χ3n) is 3.02. The summed E-state index contributed by atoms with van der Waals surface area (Å²) in [6.45, 7) is 1.25. The summed E-state index contributed by atoms with van der Waals surface area (Å²) in [7, 11) is 0. The largest absolute Gasteiger partial charge is 0.349 e. The predicted molar refractivity (Wildman–Crippen MR) is 82.3 cm³/mol. The average Bonchev–Trinajstić information content (AvgIpc) is 2.90. The van der Waals surface area contributed by atoms with E-state index in [0.717, 1.165) is 15.7 Å². The van der Waals surface area contributed by atoms with E-state index in [4.69, 9.17) is 5.73 Å². The molecule has 0 aliphatic carbocycles. The second kappa shape index (κ2) is 5.60. The van der Waals surface area contributed by atoms with Crippen molar-refractivity contribution in [1.29, 1.82) is 0 Å². The molecule has 0 atom stereocenters. The van der Waals surface area contributed by atoms with Crippen LogP contribution in [0.15, 0.2) is 47.1 Å². The minimum atomic E-state index is 0.565. The second-order valence-electron chi connectivity index (χ2n) is 4.43. The fourth-order valence-electron chi connectivity index (χ4n) is 1.92. The van der Waals surface area contributed by atoms with Gasteiger partial charge in [-0.25, -0.2) is 4.52 Å². The Balaban J connectivity index is 1.74. The van der Waals surface area contributed by atoms with Crippen LogP contribution in [0.25, 0.3) is 5.65 Å². The molecule has 102 valence electrons. The summed E-state index contributed by atoms with van der Waals surface area (Å²) in [6.07, 6.45) is 1.87. The molecule has 0 aliphatic heterocycles. The van der Waals surface area contributed by atoms with Gasteiger partial charge in [0, 0.05) is 19.3 Å². The fourth-order valence-corrected chi connectivity index (χ4v) is 2.35. The summed E-state index contributed by atoms with van der Waals surface area (Å²) < 4.78 is 2.66. The Bertz CT molecular complexity index is 720. The molecule has 2 aromatic heterocycles. The number of benzene rings is 1. The van der Waals surface area contributed by atoms with Gasteiger partial charge < -0.3 is 11.1 Å². The van der Waals surface area contributed by atoms with Crippen LogP contribution in [0.5, 0.6) is 0 Å². The van der Waals surface area contributed by atoms with Crippen LogP contribution < -0.4 is 11.1 Å². The van der Waals surface area contributed by atoms with Crippen molar-refractivity contribution in [2.24, 2.45) is 5.73 Å². The first-order valence-corrected chi connectivity index (χ1v) is 7.08. The molecule has 3 N–H and O–H groups in total. The molecule has 0 amide bonds. The van der Waals surface area contributed by atoms with E-state index in [9.17, 15) is 0 Å². The van der Waals surface area contributed by atoms with E-state index in [1.54, 1.807) is 4.52 Å². The Kier molecular flexibility index (Phi) is 3.66. The molecule has 3 rings (SSSR count). The highest BCUT2D eigenvalue weighted by atomic mass is 79.9. The van der Waals surface area contributed by atoms with Gasteiger partial charge in [-0.15, -0.1) is 5.10 Å². The van der Waals surface area contributed by atoms with E-state index in [1.807, 2.05) is 30.5 Å². The van der Waals surface area contributed by atoms with E-state index >= 15 is 0 Å². The lowest BCUT2D eigenvalue weighted by atomic mass is 10.1. The van der Waals surface area contributed by atoms with Gasteiger partial charge in [-0.05, 0) is 39.2 Å². The molecule has 3 aromatic rings. The normalized spacial score (nSPS) is 10.9. The fraction of sp³-hybridized carbons (Fsp3) is 0.143. The monoisotopic (exact) mass is 331 g/mol. The minimum Gasteiger partial charge on any atom is -0.349 e. The van der Waals surface area contributed by atoms with Crippen LogP contribution in [0.1, 0.15) is 11.1 Å². The van der Waals surface area contributed by atoms with Gasteiger partial charge in [0.05, 0.1) is 4.47 Å². The number of halogens is 1. The first-order chi connectivity index (χ1) is 9.76. The van der Waals surface area contributed by atoms with Gasteiger partial charge in [0.25, 0.3) is 0 Å². The summed E-state index contributed by atoms with van der Waals surface area (Å²) in [6, 6.07) is 12.0. The van der Waals surface area contributed by atoms with Crippen molar-refractivity contribution in [2.75, 3.05) is 5.32 Å². The van der Waals surface area contributed by atoms with E-state index in [1.165, 1.54) is 5.56 Å². The Morgan fingerprint density at radius 3 is 2.60 bits per heavy atom. The Morgan fingerprint density at radius 2 is 1.90 bits per heavy atom. The van der Waals surface area contributed by atoms with E-state index in [0.29, 0.717) is 19.0 Å². The lowest BCUT2D eigenvalue weighted by molar-refractivity contribution is 0.947. The molecular formula is C14H14BrN5. The highest BCUT2D eigenvalue weighted by molar-refractivity contribution is 9.10. The zero-order valence-electron chi connectivity index (χ0n) is 10.8. The third kappa shape index (κ3) is 2.66. The molecular weight excluding hydrogens is 318 g/mol. The molecule has 0 radical (unpaired) electrons. The maximum atomic E-state index is 5.58. The summed E-state index contributed by atoms with van der Waals surface area (Å²) in [5, 5.41) is 7.59. The number of anilines is 1. The summed E-state index contributed by atoms with van der Waals surface area (Å²) in [5.74, 6) is 0.611. The number of hydrogen-bond donors (Lipinski definition) is 2. The zero-order chi connectivity index (χ0) is 13.9. The van der Waals surface area contributed by atoms with Crippen LogP contribution in [0.3, 0.4) is 0 Å². The van der Waals surface area contributed by atoms with Crippen molar-refractivity contribution in [3.8, 4) is 0 Å². The van der Waals surface area contributed by atoms with Crippen LogP contribution in [0.2, 0.25) is 0 Å². The molecule has 0 bridgehead atoms. The van der Waals surface area contributed by atoms with Crippen LogP contribution in [0.4, 0.5) is 5.95 Å². The maximum Gasteiger partial charge on any atom is 0.243 e. The van der Waals surface area contributed by atoms with Gasteiger partial charge in [0.1, 0.15) is 0 Å². The topological polar surface area (TPSA) is 68.2 Å². The molecule has 0 aliphatic rings. The van der Waals surface area contributed by atoms with Gasteiger partial charge in [-0.3, -0.25) is 0 Å². The number of aromatic nitrogens is 3. The number of pyridine rings is 1. The Labute approximate surface area is 125 Å². The van der Waals surface area contributed by atoms with Crippen molar-refractivity contribution in [3.05, 3.63) is 58.2 Å². The molecule has 0 unspecified atom stereocenters. The quantitative estimate of drug-likeness (QED) is 0.770. The average molecular weight is 332 g/mol. The molecule has 0 saturated carbocycles. The van der Waals surface area contributed by atoms with Crippen molar-refractivity contribution >= 4 is 27.5 Å². The summed E-state index contributed by atoms with van der Waals surface area (Å²) >= 11 is 3.46. The molecule has 0 spiro atoms. The first-order valence-electron chi connectivity index (χ1n) is 6.29. The van der Waals surface area contributed by atoms with Gasteiger partial charge in [-0.2, -0.15) is 4.98 Å². The number of hydrogen-bond acceptors (Lipinski definition) is 4. The second-order valence-corrected chi connectivity index (χ2v) is 5.29. The molecule has 0 saturated heterocycles. The SMILES string of the molecule is NCc1ccc(CNc2nc3c(Br)cccn3n2)cc1. The van der Waals surface area contributed by atoms with E-state index in [-0.39, 0.29) is 0 Å². The van der Waals surface area contributed by atoms with Crippen LogP contribution in [-0.2, 0) is 13.1 Å². The summed E-state index contributed by atoms with van der Waals surface area (Å²) in [4.78, 5) is 4.43. The van der Waals surface area contributed by atoms with Gasteiger partial charge in [-0.1, -0.05) is 24.3 Å². The highest BCUT2D eigenvalue weighted by Gasteiger charge is 2.05. The van der Waals surface area contributed by atoms with Crippen molar-refractivity contribution < 1.29 is 0 Å². The predicted octanol–water partition coefficient (Wildman–Crippen LogP) is 2.56. The maximum absolute atomic E-state index is 5.58. The number of nitrogens with two attached hydrogens (primary N) is 1. The molecule has 1 aromatic carbocycles. The van der Waals surface area contributed by atoms with Gasteiger partial charge >= 0.3 is 0 Å². The minimum absolute atomic E-state index is 0.565. The van der Waals surface area contributed by atoms with Gasteiger partial charge in [0.2, 0.25) is 5.95 Å². The first kappa shape index (κ1) is 13.1. The molecule has 0 fully saturated rings. The standard InChI is InChI=1S/C14H14BrN5/c15-12-2-1-7-20-13(12)18-14(19-20)17-9-11-5-3-10(8-16)4-6-11/h1-7H,8-9,16H2,(H,17,19). The lowest BCUT2D eigenvalue weighted by Gasteiger charge is -2.03. The number of nitrogens with one attached hydrogen (secondary N) is 1. The lowest BCUT2D eigenvalue weighted by Crippen LogP contribution is -2.02. The number of rotatable bonds is 4. The van der Waals surface area contributed by atoms with Crippen molar-refractivity contribution in [2.45, 2.75) is 13.1 Å². The van der Waals surface area contributed by atoms with Crippen molar-refractivity contribution in [1.82, 2.24) is 14.6 Å². The molecule has 5 nitrogen and oxygen atoms in total. The Morgan fingerprint density at radius 1 is 1.15 bits per heavy atom. The molecule has 20 heavy (non-hydrogen) atoms. The third-order valence-corrected chi connectivity index (χ3v) is 3.64. The van der Waals surface area contributed by atoms with Crippen LogP contribution in [-0.4, -0.2) is 14.6 Å². The smallest absolute Gasteiger partial charge is 0.243 e. The van der Waals surface area contributed by atoms with Crippen molar-refractivity contribution in [3.63, 3.8) is 0 Å². The Hall–Kier alpha value is -1.92. The summed E-state index contributed by atoms with van der Waals surface area (Å²) in [5.41, 5.74) is 8.67. The molecule has 2 heterocycles. The van der Waals surface area contributed by atoms with E-state index in [2.05, 4.69) is 43.5 Å². The van der Waals surface area contributed by atoms with Crippen LogP contribution in [0, 0.1) is 0 Å². The van der Waals surface area contributed by atoms with E-state index < -0.39 is 0 Å². The number of fused-ring (bicyclic) bond motifs is 1. The molecule has 6 heteroatoms. The van der Waals surface area contributed by atoms with Crippen LogP contribution >= 0.6 is 15.9 Å². The highest BCUT2D eigenvalue weighted by Crippen LogP contribution is 2.17. The van der Waals surface area contributed by atoms with Gasteiger partial charge in [0.15, 0.2) is 5.65 Å². The number of nitrogens with zero attached hydrogens (tertiary/aromatic N) is 3. The zero-order valence-corrected chi connectivity index (χ0v) is 12.3.